The van der Waals surface area contributed by atoms with Crippen molar-refractivity contribution < 1.29 is 23.4 Å². The van der Waals surface area contributed by atoms with E-state index in [2.05, 4.69) is 20.4 Å². The Morgan fingerprint density at radius 3 is 2.41 bits per heavy atom. The number of pyridine rings is 2. The standard InChI is InChI=1S/C30H24FN5O5/c1-39-25-13-21-23(14-26(25)40-2)32-12-11-24(21)41-20-9-10-27(33-15-20)34-30(38)28-29(37)22(16-36(35-28)19-7-8-19)17-3-5-18(31)6-4-17/h3-6,9-16,19H,7-8H2,1-2H3,(H,33,34,38). The van der Waals surface area contributed by atoms with E-state index in [1.54, 1.807) is 61.6 Å². The van der Waals surface area contributed by atoms with E-state index in [0.717, 1.165) is 12.8 Å². The monoisotopic (exact) mass is 553 g/mol. The number of aromatic nitrogens is 4. The van der Waals surface area contributed by atoms with E-state index in [9.17, 15) is 14.0 Å². The van der Waals surface area contributed by atoms with Crippen LogP contribution in [0.2, 0.25) is 0 Å². The number of fused-ring (bicyclic) bond motifs is 1. The van der Waals surface area contributed by atoms with E-state index >= 15 is 0 Å². The number of methoxy groups -OCH3 is 2. The van der Waals surface area contributed by atoms with E-state index < -0.39 is 17.2 Å². The second-order valence-electron chi connectivity index (χ2n) is 9.41. The Bertz CT molecular complexity index is 1820. The molecular formula is C30H24FN5O5. The van der Waals surface area contributed by atoms with Gasteiger partial charge in [-0.25, -0.2) is 9.37 Å². The zero-order chi connectivity index (χ0) is 28.5. The molecule has 5 aromatic rings. The third-order valence-electron chi connectivity index (χ3n) is 6.64. The molecule has 1 amide bonds. The van der Waals surface area contributed by atoms with Gasteiger partial charge in [0.25, 0.3) is 5.91 Å². The van der Waals surface area contributed by atoms with Gasteiger partial charge in [-0.2, -0.15) is 5.10 Å². The van der Waals surface area contributed by atoms with E-state index in [-0.39, 0.29) is 23.1 Å². The molecule has 0 unspecified atom stereocenters. The van der Waals surface area contributed by atoms with Gasteiger partial charge >= 0.3 is 0 Å². The first-order valence-corrected chi connectivity index (χ1v) is 12.8. The number of benzene rings is 2. The lowest BCUT2D eigenvalue weighted by Gasteiger charge is -2.12. The molecule has 3 heterocycles. The molecule has 0 bridgehead atoms. The first-order chi connectivity index (χ1) is 19.9. The Hall–Kier alpha value is -5.32. The number of nitrogens with one attached hydrogen (secondary N) is 1. The maximum atomic E-state index is 13.5. The average molecular weight is 554 g/mol. The summed E-state index contributed by atoms with van der Waals surface area (Å²) in [5.41, 5.74) is 0.606. The highest BCUT2D eigenvalue weighted by Crippen LogP contribution is 2.37. The summed E-state index contributed by atoms with van der Waals surface area (Å²) < 4.78 is 31.9. The number of hydrogen-bond donors (Lipinski definition) is 1. The van der Waals surface area contributed by atoms with Gasteiger partial charge in [0.2, 0.25) is 5.43 Å². The summed E-state index contributed by atoms with van der Waals surface area (Å²) in [5.74, 6) is 1.11. The fourth-order valence-electron chi connectivity index (χ4n) is 4.37. The zero-order valence-electron chi connectivity index (χ0n) is 22.1. The average Bonchev–Trinajstić information content (AvgIpc) is 3.84. The zero-order valence-corrected chi connectivity index (χ0v) is 22.1. The largest absolute Gasteiger partial charge is 0.493 e. The number of nitrogens with zero attached hydrogens (tertiary/aromatic N) is 4. The topological polar surface area (TPSA) is 117 Å². The Morgan fingerprint density at radius 2 is 1.73 bits per heavy atom. The Labute approximate surface area is 233 Å². The van der Waals surface area contributed by atoms with Crippen molar-refractivity contribution in [2.75, 3.05) is 19.5 Å². The molecule has 0 radical (unpaired) electrons. The summed E-state index contributed by atoms with van der Waals surface area (Å²) in [5, 5.41) is 7.65. The summed E-state index contributed by atoms with van der Waals surface area (Å²) in [6, 6.07) is 14.1. The van der Waals surface area contributed by atoms with E-state index in [0.29, 0.717) is 39.5 Å². The highest BCUT2D eigenvalue weighted by Gasteiger charge is 2.27. The van der Waals surface area contributed by atoms with Crippen LogP contribution >= 0.6 is 0 Å². The van der Waals surface area contributed by atoms with Crippen molar-refractivity contribution in [3.8, 4) is 34.1 Å². The number of anilines is 1. The van der Waals surface area contributed by atoms with Crippen LogP contribution in [0.15, 0.2) is 78.0 Å². The van der Waals surface area contributed by atoms with E-state index in [1.165, 1.54) is 30.5 Å². The lowest BCUT2D eigenvalue weighted by Crippen LogP contribution is -2.27. The quantitative estimate of drug-likeness (QED) is 0.272. The smallest absolute Gasteiger partial charge is 0.281 e. The third kappa shape index (κ3) is 5.29. The fraction of sp³-hybridized carbons (Fsp3) is 0.167. The molecule has 206 valence electrons. The second-order valence-corrected chi connectivity index (χ2v) is 9.41. The highest BCUT2D eigenvalue weighted by atomic mass is 19.1. The molecule has 0 atom stereocenters. The van der Waals surface area contributed by atoms with Crippen LogP contribution in [0.25, 0.3) is 22.0 Å². The molecular weight excluding hydrogens is 529 g/mol. The molecule has 1 fully saturated rings. The fourth-order valence-corrected chi connectivity index (χ4v) is 4.37. The molecule has 0 saturated heterocycles. The molecule has 6 rings (SSSR count). The number of halogens is 1. The van der Waals surface area contributed by atoms with Crippen molar-refractivity contribution in [1.82, 2.24) is 19.7 Å². The van der Waals surface area contributed by atoms with Crippen molar-refractivity contribution in [1.29, 1.82) is 0 Å². The van der Waals surface area contributed by atoms with Crippen LogP contribution < -0.4 is 25.0 Å². The summed E-state index contributed by atoms with van der Waals surface area (Å²) >= 11 is 0. The molecule has 41 heavy (non-hydrogen) atoms. The molecule has 0 spiro atoms. The molecule has 1 N–H and O–H groups in total. The van der Waals surface area contributed by atoms with E-state index in [4.69, 9.17) is 14.2 Å². The van der Waals surface area contributed by atoms with E-state index in [1.807, 2.05) is 0 Å². The van der Waals surface area contributed by atoms with Gasteiger partial charge in [-0.1, -0.05) is 12.1 Å². The van der Waals surface area contributed by atoms with Gasteiger partial charge in [0.15, 0.2) is 17.2 Å². The minimum Gasteiger partial charge on any atom is -0.493 e. The molecule has 0 aliphatic heterocycles. The van der Waals surface area contributed by atoms with Crippen LogP contribution in [0.4, 0.5) is 10.2 Å². The van der Waals surface area contributed by atoms with Gasteiger partial charge in [-0.05, 0) is 54.8 Å². The van der Waals surface area contributed by atoms with Gasteiger partial charge in [-0.15, -0.1) is 0 Å². The van der Waals surface area contributed by atoms with Gasteiger partial charge in [0.1, 0.15) is 23.1 Å². The van der Waals surface area contributed by atoms with Crippen LogP contribution in [0.1, 0.15) is 29.4 Å². The maximum absolute atomic E-state index is 13.5. The molecule has 1 aliphatic carbocycles. The van der Waals surface area contributed by atoms with Crippen LogP contribution in [0, 0.1) is 5.82 Å². The van der Waals surface area contributed by atoms with Gasteiger partial charge in [0, 0.05) is 29.4 Å². The normalized spacial score (nSPS) is 12.7. The van der Waals surface area contributed by atoms with Gasteiger partial charge < -0.3 is 19.5 Å². The van der Waals surface area contributed by atoms with Crippen molar-refractivity contribution >= 4 is 22.6 Å². The first-order valence-electron chi connectivity index (χ1n) is 12.8. The van der Waals surface area contributed by atoms with Crippen molar-refractivity contribution in [3.63, 3.8) is 0 Å². The number of hydrogen-bond acceptors (Lipinski definition) is 8. The SMILES string of the molecule is COc1cc2nccc(Oc3ccc(NC(=O)c4nn(C5CC5)cc(-c5ccc(F)cc5)c4=O)nc3)c2cc1OC. The van der Waals surface area contributed by atoms with Crippen LogP contribution in [0.3, 0.4) is 0 Å². The summed E-state index contributed by atoms with van der Waals surface area (Å²) in [6.07, 6.45) is 6.48. The number of rotatable bonds is 8. The van der Waals surface area contributed by atoms with Crippen LogP contribution in [0.5, 0.6) is 23.0 Å². The molecule has 3 aromatic heterocycles. The second kappa shape index (κ2) is 10.7. The Balaban J connectivity index is 1.24. The van der Waals surface area contributed by atoms with Crippen molar-refractivity contribution in [3.05, 3.63) is 94.9 Å². The predicted molar refractivity (Wildman–Crippen MR) is 149 cm³/mol. The van der Waals surface area contributed by atoms with Crippen molar-refractivity contribution in [2.24, 2.45) is 0 Å². The van der Waals surface area contributed by atoms with Crippen LogP contribution in [-0.4, -0.2) is 39.9 Å². The third-order valence-corrected chi connectivity index (χ3v) is 6.64. The molecule has 1 saturated carbocycles. The molecule has 11 heteroatoms. The van der Waals surface area contributed by atoms with Crippen LogP contribution in [-0.2, 0) is 0 Å². The first kappa shape index (κ1) is 25.9. The van der Waals surface area contributed by atoms with Gasteiger partial charge in [0.05, 0.1) is 32.0 Å². The van der Waals surface area contributed by atoms with Crippen molar-refractivity contribution in [2.45, 2.75) is 18.9 Å². The number of ether oxygens (including phenoxy) is 3. The minimum absolute atomic E-state index is 0.112. The predicted octanol–water partition coefficient (Wildman–Crippen LogP) is 5.39. The number of amides is 1. The lowest BCUT2D eigenvalue weighted by atomic mass is 10.1. The lowest BCUT2D eigenvalue weighted by molar-refractivity contribution is 0.101. The summed E-state index contributed by atoms with van der Waals surface area (Å²) in [6.45, 7) is 0. The highest BCUT2D eigenvalue weighted by molar-refractivity contribution is 6.02. The number of carbonyl (C=O) groups is 1. The Morgan fingerprint density at radius 1 is 0.976 bits per heavy atom. The number of carbonyl (C=O) groups excluding carboxylic acids is 1. The maximum Gasteiger partial charge on any atom is 0.281 e. The molecule has 1 aliphatic rings. The van der Waals surface area contributed by atoms with Gasteiger partial charge in [-0.3, -0.25) is 19.3 Å². The summed E-state index contributed by atoms with van der Waals surface area (Å²) in [4.78, 5) is 35.0. The molecule has 2 aromatic carbocycles. The molecule has 10 nitrogen and oxygen atoms in total. The summed E-state index contributed by atoms with van der Waals surface area (Å²) in [7, 11) is 3.10. The minimum atomic E-state index is -0.698. The Kier molecular flexibility index (Phi) is 6.76.